The summed E-state index contributed by atoms with van der Waals surface area (Å²) in [6.07, 6.45) is 3.45. The maximum atomic E-state index is 5.17. The molecule has 0 radical (unpaired) electrons. The summed E-state index contributed by atoms with van der Waals surface area (Å²) >= 11 is 1.71. The molecular formula is C33H19N7S. The monoisotopic (exact) mass is 545 g/mol. The van der Waals surface area contributed by atoms with Gasteiger partial charge in [-0.2, -0.15) is 15.0 Å². The van der Waals surface area contributed by atoms with Gasteiger partial charge in [0.25, 0.3) is 0 Å². The molecule has 0 bridgehead atoms. The van der Waals surface area contributed by atoms with Crippen LogP contribution < -0.4 is 0 Å². The topological polar surface area (TPSA) is 74.3 Å². The van der Waals surface area contributed by atoms with Crippen molar-refractivity contribution in [1.29, 1.82) is 0 Å². The predicted octanol–water partition coefficient (Wildman–Crippen LogP) is 7.74. The molecule has 0 amide bonds. The minimum Gasteiger partial charge on any atom is -0.278 e. The molecule has 0 aliphatic carbocycles. The van der Waals surface area contributed by atoms with Crippen LogP contribution in [0.1, 0.15) is 0 Å². The summed E-state index contributed by atoms with van der Waals surface area (Å²) in [5.41, 5.74) is 4.74. The highest BCUT2D eigenvalue weighted by atomic mass is 32.1. The molecule has 5 heterocycles. The van der Waals surface area contributed by atoms with Crippen molar-refractivity contribution in [3.63, 3.8) is 0 Å². The number of hydrogen-bond acceptors (Lipinski definition) is 6. The van der Waals surface area contributed by atoms with Gasteiger partial charge in [-0.05, 0) is 18.2 Å². The van der Waals surface area contributed by atoms with Gasteiger partial charge in [0.15, 0.2) is 5.82 Å². The fourth-order valence-corrected chi connectivity index (χ4v) is 7.03. The van der Waals surface area contributed by atoms with Crippen molar-refractivity contribution in [3.05, 3.63) is 116 Å². The first-order chi connectivity index (χ1) is 20.3. The van der Waals surface area contributed by atoms with Gasteiger partial charge < -0.3 is 0 Å². The molecule has 9 aromatic rings. The van der Waals surface area contributed by atoms with E-state index in [0.717, 1.165) is 54.0 Å². The lowest BCUT2D eigenvalue weighted by Gasteiger charge is -2.12. The first-order valence-corrected chi connectivity index (χ1v) is 14.1. The van der Waals surface area contributed by atoms with Gasteiger partial charge in [0.1, 0.15) is 16.7 Å². The summed E-state index contributed by atoms with van der Waals surface area (Å²) in [6.45, 7) is 0. The predicted molar refractivity (Wildman–Crippen MR) is 165 cm³/mol. The van der Waals surface area contributed by atoms with Crippen molar-refractivity contribution in [2.75, 3.05) is 0 Å². The third-order valence-corrected chi connectivity index (χ3v) is 8.73. The molecule has 0 spiro atoms. The number of nitrogens with zero attached hydrogens (tertiary/aromatic N) is 7. The molecule has 0 aliphatic rings. The van der Waals surface area contributed by atoms with Crippen LogP contribution in [0.2, 0.25) is 0 Å². The van der Waals surface area contributed by atoms with E-state index >= 15 is 0 Å². The average molecular weight is 546 g/mol. The zero-order valence-electron chi connectivity index (χ0n) is 21.5. The summed E-state index contributed by atoms with van der Waals surface area (Å²) in [4.78, 5) is 25.4. The number of para-hydroxylation sites is 2. The zero-order valence-corrected chi connectivity index (χ0v) is 22.3. The van der Waals surface area contributed by atoms with Crippen molar-refractivity contribution in [3.8, 4) is 23.3 Å². The van der Waals surface area contributed by atoms with Gasteiger partial charge in [-0.3, -0.25) is 9.13 Å². The Hall–Kier alpha value is -5.47. The molecule has 0 aliphatic heterocycles. The van der Waals surface area contributed by atoms with E-state index in [1.54, 1.807) is 17.7 Å². The number of thiophene rings is 1. The van der Waals surface area contributed by atoms with Crippen LogP contribution in [0.4, 0.5) is 0 Å². The largest absolute Gasteiger partial charge is 0.278 e. The second kappa shape index (κ2) is 8.51. The first-order valence-electron chi connectivity index (χ1n) is 13.3. The smallest absolute Gasteiger partial charge is 0.240 e. The van der Waals surface area contributed by atoms with Crippen molar-refractivity contribution < 1.29 is 0 Å². The Bertz CT molecular complexity index is 2380. The fraction of sp³-hybridized carbons (Fsp3) is 0. The van der Waals surface area contributed by atoms with E-state index in [4.69, 9.17) is 19.9 Å². The second-order valence-corrected chi connectivity index (χ2v) is 10.9. The summed E-state index contributed by atoms with van der Waals surface area (Å²) in [5, 5.41) is 4.55. The number of aromatic nitrogens is 7. The van der Waals surface area contributed by atoms with Gasteiger partial charge in [-0.15, -0.1) is 11.3 Å². The van der Waals surface area contributed by atoms with Crippen LogP contribution >= 0.6 is 11.3 Å². The van der Waals surface area contributed by atoms with Crippen LogP contribution in [0.25, 0.3) is 76.4 Å². The van der Waals surface area contributed by atoms with Crippen molar-refractivity contribution in [2.24, 2.45) is 0 Å². The normalized spacial score (nSPS) is 11.9. The number of fused-ring (bicyclic) bond motifs is 8. The number of hydrogen-bond donors (Lipinski definition) is 0. The van der Waals surface area contributed by atoms with Crippen LogP contribution in [0.15, 0.2) is 116 Å². The Morgan fingerprint density at radius 1 is 0.561 bits per heavy atom. The van der Waals surface area contributed by atoms with Crippen LogP contribution in [0.3, 0.4) is 0 Å². The van der Waals surface area contributed by atoms with Gasteiger partial charge in [0, 0.05) is 31.8 Å². The molecule has 0 unspecified atom stereocenters. The molecule has 5 aromatic heterocycles. The summed E-state index contributed by atoms with van der Waals surface area (Å²) in [5.74, 6) is 1.68. The van der Waals surface area contributed by atoms with E-state index in [-0.39, 0.29) is 0 Å². The lowest BCUT2D eigenvalue weighted by molar-refractivity contribution is 0.893. The highest BCUT2D eigenvalue weighted by Crippen LogP contribution is 2.41. The quantitative estimate of drug-likeness (QED) is 0.227. The Morgan fingerprint density at radius 3 is 1.95 bits per heavy atom. The highest BCUT2D eigenvalue weighted by molar-refractivity contribution is 7.25. The van der Waals surface area contributed by atoms with E-state index < -0.39 is 0 Å². The lowest BCUT2D eigenvalue weighted by atomic mass is 10.2. The zero-order chi connectivity index (χ0) is 26.9. The van der Waals surface area contributed by atoms with Crippen LogP contribution in [0, 0.1) is 0 Å². The molecule has 41 heavy (non-hydrogen) atoms. The van der Waals surface area contributed by atoms with Crippen molar-refractivity contribution in [1.82, 2.24) is 34.1 Å². The Morgan fingerprint density at radius 2 is 1.20 bits per heavy atom. The van der Waals surface area contributed by atoms with E-state index in [0.29, 0.717) is 17.7 Å². The van der Waals surface area contributed by atoms with E-state index in [1.165, 1.54) is 4.70 Å². The molecule has 0 fully saturated rings. The van der Waals surface area contributed by atoms with Crippen LogP contribution in [-0.2, 0) is 0 Å². The molecule has 0 N–H and O–H groups in total. The Labute approximate surface area is 237 Å². The molecule has 7 nitrogen and oxygen atoms in total. The van der Waals surface area contributed by atoms with Crippen LogP contribution in [-0.4, -0.2) is 34.1 Å². The van der Waals surface area contributed by atoms with Gasteiger partial charge in [-0.25, -0.2) is 9.97 Å². The van der Waals surface area contributed by atoms with E-state index in [9.17, 15) is 0 Å². The molecular weight excluding hydrogens is 526 g/mol. The van der Waals surface area contributed by atoms with Crippen molar-refractivity contribution in [2.45, 2.75) is 0 Å². The fourth-order valence-electron chi connectivity index (χ4n) is 5.81. The minimum absolute atomic E-state index is 0.525. The first kappa shape index (κ1) is 22.4. The van der Waals surface area contributed by atoms with Crippen molar-refractivity contribution >= 4 is 64.5 Å². The average Bonchev–Trinajstić information content (AvgIpc) is 3.68. The lowest BCUT2D eigenvalue weighted by Crippen LogP contribution is -2.10. The summed E-state index contributed by atoms with van der Waals surface area (Å²) in [7, 11) is 0. The molecule has 0 saturated carbocycles. The maximum Gasteiger partial charge on any atom is 0.240 e. The third kappa shape index (κ3) is 3.22. The minimum atomic E-state index is 0.525. The Balaban J connectivity index is 1.43. The molecule has 0 saturated heterocycles. The summed E-state index contributed by atoms with van der Waals surface area (Å²) < 4.78 is 5.40. The Kier molecular flexibility index (Phi) is 4.64. The third-order valence-electron chi connectivity index (χ3n) is 7.57. The highest BCUT2D eigenvalue weighted by Gasteiger charge is 2.23. The number of benzene rings is 4. The molecule has 192 valence electrons. The molecule has 8 heteroatoms. The summed E-state index contributed by atoms with van der Waals surface area (Å²) in [6, 6.07) is 35.2. The van der Waals surface area contributed by atoms with Crippen LogP contribution in [0.5, 0.6) is 0 Å². The molecule has 9 rings (SSSR count). The van der Waals surface area contributed by atoms with Gasteiger partial charge in [0.2, 0.25) is 11.9 Å². The van der Waals surface area contributed by atoms with E-state index in [2.05, 4.69) is 86.9 Å². The van der Waals surface area contributed by atoms with Gasteiger partial charge >= 0.3 is 0 Å². The molecule has 4 aromatic carbocycles. The second-order valence-electron chi connectivity index (χ2n) is 9.87. The standard InChI is InChI=1S/C33H19N7S/c1-2-10-20(11-3-1)30-36-32(39-24-15-7-4-12-21(24)22-13-5-8-16-25(22)39)38-33(37-30)40-26-18-34-19-35-29(26)28-23-14-6-9-17-27(23)41-31(28)40/h1-19H. The van der Waals surface area contributed by atoms with E-state index in [1.807, 2.05) is 36.5 Å². The SMILES string of the molecule is c1ccc(-c2nc(-n3c4ccccc4c4ccccc43)nc(-n3c4cncnc4c4c5ccccc5sc43)n2)cc1. The van der Waals surface area contributed by atoms with Gasteiger partial charge in [-0.1, -0.05) is 84.9 Å². The molecule has 0 atom stereocenters. The number of rotatable bonds is 3. The maximum absolute atomic E-state index is 5.17. The van der Waals surface area contributed by atoms with Gasteiger partial charge in [0.05, 0.1) is 22.7 Å².